The van der Waals surface area contributed by atoms with Crippen LogP contribution in [0.3, 0.4) is 0 Å². The molecule has 0 bridgehead atoms. The summed E-state index contributed by atoms with van der Waals surface area (Å²) in [5.41, 5.74) is 0.855. The third-order valence-corrected chi connectivity index (χ3v) is 5.47. The second kappa shape index (κ2) is 6.00. The van der Waals surface area contributed by atoms with Gasteiger partial charge in [0.05, 0.1) is 11.5 Å². The van der Waals surface area contributed by atoms with Crippen LogP contribution in [0.15, 0.2) is 29.2 Å². The van der Waals surface area contributed by atoms with Crippen LogP contribution in [0, 0.1) is 5.92 Å². The van der Waals surface area contributed by atoms with Crippen molar-refractivity contribution in [3.05, 3.63) is 29.8 Å². The van der Waals surface area contributed by atoms with E-state index in [1.807, 2.05) is 0 Å². The number of hydrogen-bond acceptors (Lipinski definition) is 4. The summed E-state index contributed by atoms with van der Waals surface area (Å²) >= 11 is 0. The molecule has 1 aromatic carbocycles. The first-order valence-corrected chi connectivity index (χ1v) is 7.89. The SMILES string of the molecule is CC1CCN(S(=O)(=O)c2ccc(CON)cc2)CC1. The Kier molecular flexibility index (Phi) is 4.57. The maximum absolute atomic E-state index is 12.4. The van der Waals surface area contributed by atoms with Crippen LogP contribution in [-0.2, 0) is 21.5 Å². The fourth-order valence-corrected chi connectivity index (χ4v) is 3.70. The summed E-state index contributed by atoms with van der Waals surface area (Å²) in [5.74, 6) is 5.59. The molecule has 0 radical (unpaired) electrons. The molecule has 2 rings (SSSR count). The monoisotopic (exact) mass is 284 g/mol. The second-order valence-corrected chi connectivity index (χ2v) is 6.98. The van der Waals surface area contributed by atoms with Gasteiger partial charge >= 0.3 is 0 Å². The smallest absolute Gasteiger partial charge is 0.243 e. The fraction of sp³-hybridized carbons (Fsp3) is 0.538. The van der Waals surface area contributed by atoms with Crippen LogP contribution in [0.5, 0.6) is 0 Å². The van der Waals surface area contributed by atoms with Gasteiger partial charge in [0.2, 0.25) is 10.0 Å². The normalized spacial score (nSPS) is 18.6. The van der Waals surface area contributed by atoms with Crippen molar-refractivity contribution in [1.82, 2.24) is 4.31 Å². The van der Waals surface area contributed by atoms with E-state index in [1.54, 1.807) is 28.6 Å². The van der Waals surface area contributed by atoms with E-state index in [1.165, 1.54) is 0 Å². The minimum atomic E-state index is -3.36. The average molecular weight is 284 g/mol. The van der Waals surface area contributed by atoms with Crippen molar-refractivity contribution < 1.29 is 13.3 Å². The van der Waals surface area contributed by atoms with E-state index < -0.39 is 10.0 Å². The Bertz CT molecular complexity index is 505. The van der Waals surface area contributed by atoms with Gasteiger partial charge in [-0.3, -0.25) is 4.84 Å². The van der Waals surface area contributed by atoms with Gasteiger partial charge in [0.25, 0.3) is 0 Å². The van der Waals surface area contributed by atoms with E-state index in [9.17, 15) is 8.42 Å². The number of benzene rings is 1. The number of rotatable bonds is 4. The maximum Gasteiger partial charge on any atom is 0.243 e. The van der Waals surface area contributed by atoms with Crippen molar-refractivity contribution in [3.63, 3.8) is 0 Å². The number of nitrogens with zero attached hydrogens (tertiary/aromatic N) is 1. The van der Waals surface area contributed by atoms with Crippen molar-refractivity contribution >= 4 is 10.0 Å². The van der Waals surface area contributed by atoms with Crippen molar-refractivity contribution in [2.75, 3.05) is 13.1 Å². The topological polar surface area (TPSA) is 72.6 Å². The van der Waals surface area contributed by atoms with E-state index >= 15 is 0 Å². The van der Waals surface area contributed by atoms with Crippen LogP contribution in [0.1, 0.15) is 25.3 Å². The maximum atomic E-state index is 12.4. The highest BCUT2D eigenvalue weighted by molar-refractivity contribution is 7.89. The summed E-state index contributed by atoms with van der Waals surface area (Å²) < 4.78 is 26.4. The molecular weight excluding hydrogens is 264 g/mol. The third-order valence-electron chi connectivity index (χ3n) is 3.55. The van der Waals surface area contributed by atoms with Crippen LogP contribution < -0.4 is 5.90 Å². The molecule has 0 amide bonds. The molecule has 106 valence electrons. The minimum absolute atomic E-state index is 0.279. The van der Waals surface area contributed by atoms with Crippen LogP contribution in [-0.4, -0.2) is 25.8 Å². The molecule has 1 heterocycles. The van der Waals surface area contributed by atoms with Gasteiger partial charge < -0.3 is 0 Å². The van der Waals surface area contributed by atoms with Gasteiger partial charge in [0, 0.05) is 13.1 Å². The predicted octanol–water partition coefficient (Wildman–Crippen LogP) is 1.50. The highest BCUT2D eigenvalue weighted by Gasteiger charge is 2.27. The standard InChI is InChI=1S/C13H20N2O3S/c1-11-6-8-15(9-7-11)19(16,17)13-4-2-12(3-5-13)10-18-14/h2-5,11H,6-10,14H2,1H3. The Morgan fingerprint density at radius 3 is 2.37 bits per heavy atom. The molecule has 19 heavy (non-hydrogen) atoms. The van der Waals surface area contributed by atoms with Crippen molar-refractivity contribution in [1.29, 1.82) is 0 Å². The van der Waals surface area contributed by atoms with Gasteiger partial charge in [-0.05, 0) is 36.5 Å². The minimum Gasteiger partial charge on any atom is -0.300 e. The molecule has 0 saturated carbocycles. The molecule has 5 nitrogen and oxygen atoms in total. The summed E-state index contributed by atoms with van der Waals surface area (Å²) in [6.07, 6.45) is 1.86. The number of hydrogen-bond donors (Lipinski definition) is 1. The summed E-state index contributed by atoms with van der Waals surface area (Å²) in [5, 5.41) is 0. The highest BCUT2D eigenvalue weighted by Crippen LogP contribution is 2.23. The Morgan fingerprint density at radius 1 is 1.26 bits per heavy atom. The second-order valence-electron chi connectivity index (χ2n) is 5.04. The van der Waals surface area contributed by atoms with Gasteiger partial charge in [0.1, 0.15) is 0 Å². The summed E-state index contributed by atoms with van der Waals surface area (Å²) in [6.45, 7) is 3.65. The third kappa shape index (κ3) is 3.33. The molecule has 1 aromatic rings. The molecule has 0 aliphatic carbocycles. The number of nitrogens with two attached hydrogens (primary N) is 1. The van der Waals surface area contributed by atoms with Crippen molar-refractivity contribution in [2.24, 2.45) is 11.8 Å². The molecular formula is C13H20N2O3S. The van der Waals surface area contributed by atoms with Gasteiger partial charge in [-0.1, -0.05) is 19.1 Å². The van der Waals surface area contributed by atoms with Gasteiger partial charge in [-0.15, -0.1) is 0 Å². The first-order chi connectivity index (χ1) is 9.04. The Balaban J connectivity index is 2.15. The summed E-state index contributed by atoms with van der Waals surface area (Å²) in [7, 11) is -3.36. The molecule has 0 atom stereocenters. The molecule has 0 spiro atoms. The van der Waals surface area contributed by atoms with E-state index in [0.717, 1.165) is 18.4 Å². The van der Waals surface area contributed by atoms with Crippen LogP contribution in [0.4, 0.5) is 0 Å². The lowest BCUT2D eigenvalue weighted by atomic mass is 10.0. The Morgan fingerprint density at radius 2 is 1.84 bits per heavy atom. The van der Waals surface area contributed by atoms with Gasteiger partial charge in [0.15, 0.2) is 0 Å². The largest absolute Gasteiger partial charge is 0.300 e. The Labute approximate surface area is 114 Å². The lowest BCUT2D eigenvalue weighted by Crippen LogP contribution is -2.37. The van der Waals surface area contributed by atoms with Crippen molar-refractivity contribution in [2.45, 2.75) is 31.3 Å². The Hall–Kier alpha value is -0.950. The number of sulfonamides is 1. The number of piperidine rings is 1. The average Bonchev–Trinajstić information content (AvgIpc) is 2.40. The van der Waals surface area contributed by atoms with Crippen LogP contribution in [0.25, 0.3) is 0 Å². The van der Waals surface area contributed by atoms with E-state index in [-0.39, 0.29) is 6.61 Å². The highest BCUT2D eigenvalue weighted by atomic mass is 32.2. The van der Waals surface area contributed by atoms with Crippen molar-refractivity contribution in [3.8, 4) is 0 Å². The molecule has 1 aliphatic heterocycles. The molecule has 6 heteroatoms. The lowest BCUT2D eigenvalue weighted by molar-refractivity contribution is 0.124. The zero-order valence-electron chi connectivity index (χ0n) is 11.1. The van der Waals surface area contributed by atoms with Crippen LogP contribution in [0.2, 0.25) is 0 Å². The molecule has 0 unspecified atom stereocenters. The van der Waals surface area contributed by atoms with E-state index in [2.05, 4.69) is 11.8 Å². The summed E-state index contributed by atoms with van der Waals surface area (Å²) in [4.78, 5) is 4.86. The predicted molar refractivity (Wildman–Crippen MR) is 72.6 cm³/mol. The quantitative estimate of drug-likeness (QED) is 0.850. The first kappa shape index (κ1) is 14.5. The fourth-order valence-electron chi connectivity index (χ4n) is 2.23. The molecule has 0 aromatic heterocycles. The molecule has 1 aliphatic rings. The van der Waals surface area contributed by atoms with Gasteiger partial charge in [-0.2, -0.15) is 4.31 Å². The zero-order valence-corrected chi connectivity index (χ0v) is 11.9. The first-order valence-electron chi connectivity index (χ1n) is 6.45. The molecule has 2 N–H and O–H groups in total. The van der Waals surface area contributed by atoms with Gasteiger partial charge in [-0.25, -0.2) is 14.3 Å². The zero-order chi connectivity index (χ0) is 13.9. The van der Waals surface area contributed by atoms with Crippen LogP contribution >= 0.6 is 0 Å². The molecule has 1 saturated heterocycles. The molecule has 1 fully saturated rings. The van der Waals surface area contributed by atoms with E-state index in [4.69, 9.17) is 5.90 Å². The lowest BCUT2D eigenvalue weighted by Gasteiger charge is -2.29. The summed E-state index contributed by atoms with van der Waals surface area (Å²) in [6, 6.07) is 6.68. The van der Waals surface area contributed by atoms with E-state index in [0.29, 0.717) is 23.9 Å².